The average Bonchev–Trinajstić information content (AvgIpc) is 3.04. The molecule has 9 heteroatoms. The maximum Gasteiger partial charge on any atom is 0.265 e. The van der Waals surface area contributed by atoms with E-state index in [1.807, 2.05) is 6.92 Å². The summed E-state index contributed by atoms with van der Waals surface area (Å²) in [6.45, 7) is 1.61. The number of hydrogen-bond donors (Lipinski definition) is 1. The van der Waals surface area contributed by atoms with Crippen LogP contribution < -0.4 is 15.0 Å². The molecule has 0 aliphatic carbocycles. The summed E-state index contributed by atoms with van der Waals surface area (Å²) in [6, 6.07) is 11.3. The second kappa shape index (κ2) is 7.92. The summed E-state index contributed by atoms with van der Waals surface area (Å²) < 4.78 is 19.4. The van der Waals surface area contributed by atoms with Crippen LogP contribution in [0.15, 0.2) is 46.9 Å². The minimum absolute atomic E-state index is 0.123. The van der Waals surface area contributed by atoms with Crippen molar-refractivity contribution in [2.45, 2.75) is 6.92 Å². The smallest absolute Gasteiger partial charge is 0.265 e. The summed E-state index contributed by atoms with van der Waals surface area (Å²) in [5, 5.41) is 3.16. The van der Waals surface area contributed by atoms with Crippen LogP contribution in [0.25, 0.3) is 11.3 Å². The van der Waals surface area contributed by atoms with Crippen molar-refractivity contribution in [1.29, 1.82) is 0 Å². The van der Waals surface area contributed by atoms with E-state index in [0.29, 0.717) is 22.3 Å². The van der Waals surface area contributed by atoms with E-state index in [-0.39, 0.29) is 30.8 Å². The van der Waals surface area contributed by atoms with Crippen LogP contribution in [-0.4, -0.2) is 29.9 Å². The zero-order valence-electron chi connectivity index (χ0n) is 15.2. The third kappa shape index (κ3) is 4.15. The number of halogens is 2. The van der Waals surface area contributed by atoms with Gasteiger partial charge >= 0.3 is 0 Å². The quantitative estimate of drug-likeness (QED) is 0.607. The van der Waals surface area contributed by atoms with Gasteiger partial charge in [0.05, 0.1) is 11.4 Å². The molecule has 2 heterocycles. The molecule has 1 N–H and O–H groups in total. The van der Waals surface area contributed by atoms with Crippen molar-refractivity contribution in [1.82, 2.24) is 4.98 Å². The van der Waals surface area contributed by atoms with Gasteiger partial charge in [0.25, 0.3) is 5.91 Å². The number of carbonyl (C=O) groups excluding carboxylic acids is 2. The predicted molar refractivity (Wildman–Crippen MR) is 113 cm³/mol. The van der Waals surface area contributed by atoms with Gasteiger partial charge in [0.15, 0.2) is 11.7 Å². The highest BCUT2D eigenvalue weighted by molar-refractivity contribution is 9.10. The number of anilines is 2. The number of thiazole rings is 1. The normalized spacial score (nSPS) is 13.1. The first-order valence-electron chi connectivity index (χ1n) is 8.66. The van der Waals surface area contributed by atoms with Crippen LogP contribution >= 0.6 is 27.3 Å². The van der Waals surface area contributed by atoms with E-state index in [0.717, 1.165) is 14.9 Å². The van der Waals surface area contributed by atoms with Crippen molar-refractivity contribution in [3.8, 4) is 17.0 Å². The van der Waals surface area contributed by atoms with E-state index in [9.17, 15) is 14.0 Å². The van der Waals surface area contributed by atoms with Gasteiger partial charge in [-0.05, 0) is 49.4 Å². The third-order valence-corrected chi connectivity index (χ3v) is 5.71. The molecule has 2 amide bonds. The lowest BCUT2D eigenvalue weighted by Crippen LogP contribution is -2.43. The number of aromatic nitrogens is 1. The Balaban J connectivity index is 1.50. The first-order valence-corrected chi connectivity index (χ1v) is 10.3. The van der Waals surface area contributed by atoms with Gasteiger partial charge in [0, 0.05) is 14.9 Å². The largest absolute Gasteiger partial charge is 0.482 e. The summed E-state index contributed by atoms with van der Waals surface area (Å²) in [5.41, 5.74) is 1.99. The van der Waals surface area contributed by atoms with E-state index >= 15 is 0 Å². The fourth-order valence-corrected chi connectivity index (χ4v) is 4.17. The molecule has 1 aliphatic heterocycles. The van der Waals surface area contributed by atoms with Crippen LogP contribution in [0.2, 0.25) is 0 Å². The summed E-state index contributed by atoms with van der Waals surface area (Å²) in [6.07, 6.45) is 0. The zero-order chi connectivity index (χ0) is 20.5. The Kier molecular flexibility index (Phi) is 5.33. The molecule has 148 valence electrons. The van der Waals surface area contributed by atoms with Crippen LogP contribution in [0.3, 0.4) is 0 Å². The fourth-order valence-electron chi connectivity index (χ4n) is 2.98. The van der Waals surface area contributed by atoms with E-state index in [1.165, 1.54) is 28.4 Å². The molecule has 3 aromatic rings. The number of ether oxygens (including phenoxy) is 1. The highest BCUT2D eigenvalue weighted by Gasteiger charge is 2.27. The molecule has 29 heavy (non-hydrogen) atoms. The minimum atomic E-state index is -0.367. The highest BCUT2D eigenvalue weighted by atomic mass is 79.9. The van der Waals surface area contributed by atoms with Crippen molar-refractivity contribution in [2.24, 2.45) is 0 Å². The molecule has 0 radical (unpaired) electrons. The summed E-state index contributed by atoms with van der Waals surface area (Å²) in [4.78, 5) is 31.6. The summed E-state index contributed by atoms with van der Waals surface area (Å²) in [5.74, 6) is -0.445. The van der Waals surface area contributed by atoms with Crippen molar-refractivity contribution in [2.75, 3.05) is 23.4 Å². The van der Waals surface area contributed by atoms with Crippen LogP contribution in [0.1, 0.15) is 4.88 Å². The number of nitrogens with zero attached hydrogens (tertiary/aromatic N) is 2. The molecule has 6 nitrogen and oxygen atoms in total. The number of nitrogens with one attached hydrogen (secondary N) is 1. The third-order valence-electron chi connectivity index (χ3n) is 4.33. The van der Waals surface area contributed by atoms with Crippen LogP contribution in [0, 0.1) is 12.7 Å². The molecule has 0 atom stereocenters. The lowest BCUT2D eigenvalue weighted by atomic mass is 10.1. The van der Waals surface area contributed by atoms with Crippen LogP contribution in [-0.2, 0) is 9.59 Å². The second-order valence-corrected chi connectivity index (χ2v) is 8.48. The van der Waals surface area contributed by atoms with Gasteiger partial charge in [-0.2, -0.15) is 0 Å². The number of fused-ring (bicyclic) bond motifs is 1. The van der Waals surface area contributed by atoms with E-state index in [4.69, 9.17) is 4.74 Å². The van der Waals surface area contributed by atoms with Gasteiger partial charge in [-0.3, -0.25) is 14.5 Å². The fraction of sp³-hybridized carbons (Fsp3) is 0.150. The lowest BCUT2D eigenvalue weighted by molar-refractivity contribution is -0.123. The summed E-state index contributed by atoms with van der Waals surface area (Å²) in [7, 11) is 0. The Bertz CT molecular complexity index is 1100. The van der Waals surface area contributed by atoms with Crippen molar-refractivity contribution in [3.05, 3.63) is 57.6 Å². The average molecular weight is 476 g/mol. The number of amides is 2. The first-order chi connectivity index (χ1) is 13.9. The first kappa shape index (κ1) is 19.5. The van der Waals surface area contributed by atoms with Gasteiger partial charge in [-0.25, -0.2) is 9.37 Å². The molecule has 2 aromatic carbocycles. The van der Waals surface area contributed by atoms with Gasteiger partial charge in [-0.1, -0.05) is 15.9 Å². The Morgan fingerprint density at radius 1 is 1.31 bits per heavy atom. The Hall–Kier alpha value is -2.78. The Morgan fingerprint density at radius 2 is 2.07 bits per heavy atom. The van der Waals surface area contributed by atoms with Crippen molar-refractivity contribution < 1.29 is 18.7 Å². The monoisotopic (exact) mass is 475 g/mol. The Labute approximate surface area is 178 Å². The minimum Gasteiger partial charge on any atom is -0.482 e. The lowest BCUT2D eigenvalue weighted by Gasteiger charge is -2.28. The molecule has 0 saturated carbocycles. The SMILES string of the molecule is Cc1sc(NC(=O)CN2C(=O)COc3cc(Br)ccc32)nc1-c1ccc(F)cc1. The molecule has 0 spiro atoms. The Morgan fingerprint density at radius 3 is 2.83 bits per heavy atom. The van der Waals surface area contributed by atoms with E-state index in [2.05, 4.69) is 26.2 Å². The standard InChI is InChI=1S/C20H15BrFN3O3S/c1-11-19(12-2-5-14(22)6-3-12)24-20(29-11)23-17(26)9-25-15-7-4-13(21)8-16(15)28-10-18(25)27/h2-8H,9-10H2,1H3,(H,23,24,26). The molecule has 0 bridgehead atoms. The summed E-state index contributed by atoms with van der Waals surface area (Å²) >= 11 is 4.68. The van der Waals surface area contributed by atoms with Gasteiger partial charge < -0.3 is 10.1 Å². The molecular weight excluding hydrogens is 461 g/mol. The van der Waals surface area contributed by atoms with Crippen LogP contribution in [0.4, 0.5) is 15.2 Å². The highest BCUT2D eigenvalue weighted by Crippen LogP contribution is 2.35. The number of aryl methyl sites for hydroxylation is 1. The molecular formula is C20H15BrFN3O3S. The molecule has 4 rings (SSSR count). The van der Waals surface area contributed by atoms with Gasteiger partial charge in [0.1, 0.15) is 18.1 Å². The van der Waals surface area contributed by atoms with Crippen molar-refractivity contribution in [3.63, 3.8) is 0 Å². The topological polar surface area (TPSA) is 71.5 Å². The van der Waals surface area contributed by atoms with E-state index < -0.39 is 0 Å². The maximum absolute atomic E-state index is 13.1. The van der Waals surface area contributed by atoms with E-state index in [1.54, 1.807) is 30.3 Å². The molecule has 0 unspecified atom stereocenters. The molecule has 0 saturated heterocycles. The molecule has 0 fully saturated rings. The van der Waals surface area contributed by atoms with Crippen molar-refractivity contribution >= 4 is 49.9 Å². The molecule has 1 aromatic heterocycles. The maximum atomic E-state index is 13.1. The number of hydrogen-bond acceptors (Lipinski definition) is 5. The van der Waals surface area contributed by atoms with Gasteiger partial charge in [0.2, 0.25) is 5.91 Å². The van der Waals surface area contributed by atoms with Gasteiger partial charge in [-0.15, -0.1) is 11.3 Å². The van der Waals surface area contributed by atoms with Crippen LogP contribution in [0.5, 0.6) is 5.75 Å². The number of benzene rings is 2. The predicted octanol–water partition coefficient (Wildman–Crippen LogP) is 4.38. The number of carbonyl (C=O) groups is 2. The zero-order valence-corrected chi connectivity index (χ0v) is 17.6. The second-order valence-electron chi connectivity index (χ2n) is 6.36. The number of rotatable bonds is 4. The molecule has 1 aliphatic rings.